The molecule has 20 heavy (non-hydrogen) atoms. The van der Waals surface area contributed by atoms with Crippen molar-refractivity contribution in [3.8, 4) is 5.75 Å². The quantitative estimate of drug-likeness (QED) is 0.617. The Morgan fingerprint density at radius 2 is 2.20 bits per heavy atom. The highest BCUT2D eigenvalue weighted by Crippen LogP contribution is 2.46. The fourth-order valence-corrected chi connectivity index (χ4v) is 2.28. The fourth-order valence-electron chi connectivity index (χ4n) is 2.19. The molecule has 4 nitrogen and oxygen atoms in total. The number of esters is 1. The van der Waals surface area contributed by atoms with Gasteiger partial charge in [-0.2, -0.15) is 0 Å². The van der Waals surface area contributed by atoms with Crippen molar-refractivity contribution in [1.82, 2.24) is 0 Å². The number of carbonyl (C=O) groups excluding carboxylic acids is 1. The molecule has 1 aliphatic carbocycles. The van der Waals surface area contributed by atoms with Gasteiger partial charge in [0.05, 0.1) is 25.1 Å². The summed E-state index contributed by atoms with van der Waals surface area (Å²) in [7, 11) is 1.40. The van der Waals surface area contributed by atoms with Gasteiger partial charge in [-0.3, -0.25) is 4.79 Å². The van der Waals surface area contributed by atoms with Gasteiger partial charge in [0.15, 0.2) is 0 Å². The van der Waals surface area contributed by atoms with Crippen LogP contribution in [0.1, 0.15) is 36.3 Å². The maximum atomic E-state index is 11.5. The summed E-state index contributed by atoms with van der Waals surface area (Å²) in [5, 5.41) is 0. The summed E-state index contributed by atoms with van der Waals surface area (Å²) in [6.07, 6.45) is 3.13. The topological polar surface area (TPSA) is 61.5 Å². The molecule has 0 radical (unpaired) electrons. The molecule has 0 unspecified atom stereocenters. The molecule has 0 atom stereocenters. The first kappa shape index (κ1) is 14.8. The van der Waals surface area contributed by atoms with E-state index in [4.69, 9.17) is 27.4 Å². The molecular weight excluding hydrogens is 274 g/mol. The largest absolute Gasteiger partial charge is 0.493 e. The lowest BCUT2D eigenvalue weighted by Gasteiger charge is -2.14. The highest BCUT2D eigenvalue weighted by Gasteiger charge is 2.29. The minimum absolute atomic E-state index is 0.229. The zero-order valence-corrected chi connectivity index (χ0v) is 12.4. The van der Waals surface area contributed by atoms with Crippen LogP contribution in [0.15, 0.2) is 18.2 Å². The minimum Gasteiger partial charge on any atom is -0.493 e. The monoisotopic (exact) mass is 293 g/mol. The summed E-state index contributed by atoms with van der Waals surface area (Å²) in [6, 6.07) is 5.80. The number of thiocarbonyl (C=S) groups is 1. The second-order valence-electron chi connectivity index (χ2n) is 4.92. The average molecular weight is 293 g/mol. The van der Waals surface area contributed by atoms with Crippen molar-refractivity contribution in [3.05, 3.63) is 29.3 Å². The summed E-state index contributed by atoms with van der Waals surface area (Å²) in [4.78, 5) is 11.9. The second kappa shape index (κ2) is 6.70. The number of hydrogen-bond donors (Lipinski definition) is 1. The van der Waals surface area contributed by atoms with Crippen molar-refractivity contribution in [1.29, 1.82) is 0 Å². The predicted octanol–water partition coefficient (Wildman–Crippen LogP) is 2.33. The summed E-state index contributed by atoms with van der Waals surface area (Å²) in [6.45, 7) is 0.469. The third-order valence-electron chi connectivity index (χ3n) is 3.31. The third kappa shape index (κ3) is 3.93. The van der Waals surface area contributed by atoms with Crippen LogP contribution < -0.4 is 10.5 Å². The molecule has 0 aliphatic heterocycles. The summed E-state index contributed by atoms with van der Waals surface area (Å²) >= 11 is 4.84. The molecule has 2 N–H and O–H groups in total. The van der Waals surface area contributed by atoms with Gasteiger partial charge >= 0.3 is 5.97 Å². The Hall–Kier alpha value is -1.62. The van der Waals surface area contributed by atoms with E-state index < -0.39 is 0 Å². The first-order valence-corrected chi connectivity index (χ1v) is 7.12. The summed E-state index contributed by atoms with van der Waals surface area (Å²) < 4.78 is 10.5. The molecular formula is C15H19NO3S. The fraction of sp³-hybridized carbons (Fsp3) is 0.467. The number of benzene rings is 1. The van der Waals surface area contributed by atoms with E-state index in [9.17, 15) is 4.79 Å². The molecule has 0 bridgehead atoms. The van der Waals surface area contributed by atoms with Gasteiger partial charge in [-0.15, -0.1) is 0 Å². The van der Waals surface area contributed by atoms with E-state index in [-0.39, 0.29) is 12.4 Å². The van der Waals surface area contributed by atoms with Crippen LogP contribution in [0.3, 0.4) is 0 Å². The van der Waals surface area contributed by atoms with Gasteiger partial charge in [0.1, 0.15) is 5.75 Å². The Kier molecular flexibility index (Phi) is 4.95. The minimum atomic E-state index is -0.229. The van der Waals surface area contributed by atoms with E-state index in [1.165, 1.54) is 7.11 Å². The SMILES string of the molecule is COC(=O)Cc1cccc(OCCC(N)=S)c1C1CC1. The van der Waals surface area contributed by atoms with Gasteiger partial charge in [0.25, 0.3) is 0 Å². The van der Waals surface area contributed by atoms with E-state index in [2.05, 4.69) is 0 Å². The molecule has 1 aliphatic rings. The molecule has 1 fully saturated rings. The van der Waals surface area contributed by atoms with Crippen LogP contribution in [0.5, 0.6) is 5.75 Å². The zero-order chi connectivity index (χ0) is 14.5. The van der Waals surface area contributed by atoms with Crippen LogP contribution in [-0.4, -0.2) is 24.7 Å². The van der Waals surface area contributed by atoms with Gasteiger partial charge in [-0.25, -0.2) is 0 Å². The maximum Gasteiger partial charge on any atom is 0.309 e. The number of carbonyl (C=O) groups is 1. The van der Waals surface area contributed by atoms with Gasteiger partial charge in [-0.1, -0.05) is 24.4 Å². The predicted molar refractivity (Wildman–Crippen MR) is 81.0 cm³/mol. The van der Waals surface area contributed by atoms with E-state index in [0.29, 0.717) is 23.9 Å². The van der Waals surface area contributed by atoms with Crippen molar-refractivity contribution < 1.29 is 14.3 Å². The summed E-state index contributed by atoms with van der Waals surface area (Å²) in [5.74, 6) is 1.10. The van der Waals surface area contributed by atoms with Crippen molar-refractivity contribution in [3.63, 3.8) is 0 Å². The Bertz CT molecular complexity index is 512. The smallest absolute Gasteiger partial charge is 0.309 e. The Morgan fingerprint density at radius 1 is 1.45 bits per heavy atom. The molecule has 108 valence electrons. The van der Waals surface area contributed by atoms with Crippen LogP contribution in [-0.2, 0) is 16.0 Å². The molecule has 0 amide bonds. The molecule has 0 aromatic heterocycles. The zero-order valence-electron chi connectivity index (χ0n) is 11.6. The highest BCUT2D eigenvalue weighted by molar-refractivity contribution is 7.80. The number of rotatable bonds is 7. The molecule has 1 saturated carbocycles. The van der Waals surface area contributed by atoms with E-state index in [1.54, 1.807) is 0 Å². The third-order valence-corrected chi connectivity index (χ3v) is 3.51. The molecule has 1 aromatic carbocycles. The van der Waals surface area contributed by atoms with Crippen molar-refractivity contribution >= 4 is 23.2 Å². The van der Waals surface area contributed by atoms with Crippen LogP contribution in [0.4, 0.5) is 0 Å². The first-order chi connectivity index (χ1) is 9.61. The van der Waals surface area contributed by atoms with E-state index in [1.807, 2.05) is 18.2 Å². The number of hydrogen-bond acceptors (Lipinski definition) is 4. The second-order valence-corrected chi connectivity index (χ2v) is 5.45. The number of ether oxygens (including phenoxy) is 2. The molecule has 1 aromatic rings. The normalized spacial score (nSPS) is 13.8. The Balaban J connectivity index is 2.16. The lowest BCUT2D eigenvalue weighted by atomic mass is 9.99. The Morgan fingerprint density at radius 3 is 2.80 bits per heavy atom. The number of methoxy groups -OCH3 is 1. The van der Waals surface area contributed by atoms with Crippen LogP contribution in [0.2, 0.25) is 0 Å². The average Bonchev–Trinajstić information content (AvgIpc) is 3.22. The maximum absolute atomic E-state index is 11.5. The van der Waals surface area contributed by atoms with Gasteiger partial charge in [0, 0.05) is 12.0 Å². The van der Waals surface area contributed by atoms with Crippen LogP contribution in [0.25, 0.3) is 0 Å². The number of nitrogens with two attached hydrogens (primary N) is 1. The first-order valence-electron chi connectivity index (χ1n) is 6.71. The van der Waals surface area contributed by atoms with Gasteiger partial charge in [0.2, 0.25) is 0 Å². The van der Waals surface area contributed by atoms with E-state index in [0.717, 1.165) is 29.7 Å². The van der Waals surface area contributed by atoms with Crippen molar-refractivity contribution in [2.45, 2.75) is 31.6 Å². The van der Waals surface area contributed by atoms with Crippen molar-refractivity contribution in [2.75, 3.05) is 13.7 Å². The molecule has 5 heteroatoms. The van der Waals surface area contributed by atoms with Crippen molar-refractivity contribution in [2.24, 2.45) is 5.73 Å². The lowest BCUT2D eigenvalue weighted by Crippen LogP contribution is -2.13. The highest BCUT2D eigenvalue weighted by atomic mass is 32.1. The van der Waals surface area contributed by atoms with Gasteiger partial charge in [-0.05, 0) is 30.4 Å². The van der Waals surface area contributed by atoms with Crippen LogP contribution >= 0.6 is 12.2 Å². The van der Waals surface area contributed by atoms with Crippen LogP contribution in [0, 0.1) is 0 Å². The Labute approximate surface area is 124 Å². The molecule has 0 heterocycles. The standard InChI is InChI=1S/C15H19NO3S/c1-18-14(17)9-11-3-2-4-12(15(11)10-5-6-10)19-8-7-13(16)20/h2-4,10H,5-9H2,1H3,(H2,16,20). The van der Waals surface area contributed by atoms with E-state index >= 15 is 0 Å². The summed E-state index contributed by atoms with van der Waals surface area (Å²) in [5.41, 5.74) is 7.60. The lowest BCUT2D eigenvalue weighted by molar-refractivity contribution is -0.139. The molecule has 2 rings (SSSR count). The van der Waals surface area contributed by atoms with Gasteiger partial charge < -0.3 is 15.2 Å². The molecule has 0 saturated heterocycles. The molecule has 0 spiro atoms.